The largest absolute Gasteiger partial charge is 0.496 e. The van der Waals surface area contributed by atoms with Crippen LogP contribution in [-0.2, 0) is 11.3 Å². The molecule has 2 heterocycles. The highest BCUT2D eigenvalue weighted by Gasteiger charge is 2.22. The lowest BCUT2D eigenvalue weighted by atomic mass is 10.1. The molecule has 0 spiro atoms. The summed E-state index contributed by atoms with van der Waals surface area (Å²) < 4.78 is 10.4. The van der Waals surface area contributed by atoms with Crippen LogP contribution in [0.25, 0.3) is 0 Å². The molecule has 1 N–H and O–H groups in total. The van der Waals surface area contributed by atoms with Gasteiger partial charge in [0.15, 0.2) is 5.76 Å². The van der Waals surface area contributed by atoms with E-state index < -0.39 is 11.9 Å². The van der Waals surface area contributed by atoms with Crippen LogP contribution in [0, 0.1) is 13.8 Å². The monoisotopic (exact) mass is 345 g/mol. The number of carbonyl (C=O) groups is 2. The molecule has 25 heavy (non-hydrogen) atoms. The molecule has 0 aliphatic rings. The zero-order valence-electron chi connectivity index (χ0n) is 15.1. The molecule has 0 saturated carbocycles. The van der Waals surface area contributed by atoms with Gasteiger partial charge < -0.3 is 19.4 Å². The Morgan fingerprint density at radius 2 is 2.12 bits per heavy atom. The Morgan fingerprint density at radius 1 is 1.40 bits per heavy atom. The van der Waals surface area contributed by atoms with E-state index >= 15 is 0 Å². The molecule has 0 bridgehead atoms. The number of aryl methyl sites for hydroxylation is 1. The summed E-state index contributed by atoms with van der Waals surface area (Å²) in [6.07, 6.45) is 3.13. The van der Waals surface area contributed by atoms with Crippen molar-refractivity contribution in [1.29, 1.82) is 0 Å². The number of hydrogen-bond acceptors (Lipinski definition) is 5. The molecule has 1 atom stereocenters. The van der Waals surface area contributed by atoms with E-state index in [-0.39, 0.29) is 11.7 Å². The lowest BCUT2D eigenvalue weighted by Crippen LogP contribution is -2.45. The maximum atomic E-state index is 12.5. The average molecular weight is 345 g/mol. The minimum absolute atomic E-state index is 0.170. The van der Waals surface area contributed by atoms with Crippen LogP contribution in [0.15, 0.2) is 29.0 Å². The van der Waals surface area contributed by atoms with E-state index in [0.29, 0.717) is 6.54 Å². The SMILES string of the molecule is COc1c(C)cnc(CN(C)C(=O)C(C)NC(=O)c2ccco2)c1C. The van der Waals surface area contributed by atoms with Gasteiger partial charge in [-0.05, 0) is 32.9 Å². The summed E-state index contributed by atoms with van der Waals surface area (Å²) in [5.41, 5.74) is 2.59. The van der Waals surface area contributed by atoms with E-state index in [2.05, 4.69) is 10.3 Å². The molecule has 134 valence electrons. The third kappa shape index (κ3) is 4.17. The highest BCUT2D eigenvalue weighted by molar-refractivity contribution is 5.95. The molecule has 2 aromatic rings. The number of aromatic nitrogens is 1. The molecule has 7 nitrogen and oxygen atoms in total. The van der Waals surface area contributed by atoms with Gasteiger partial charge in [-0.3, -0.25) is 14.6 Å². The highest BCUT2D eigenvalue weighted by Crippen LogP contribution is 2.24. The summed E-state index contributed by atoms with van der Waals surface area (Å²) in [5.74, 6) is 0.291. The number of rotatable bonds is 6. The van der Waals surface area contributed by atoms with E-state index in [9.17, 15) is 9.59 Å². The van der Waals surface area contributed by atoms with Crippen molar-refractivity contribution in [3.8, 4) is 5.75 Å². The molecule has 2 rings (SSSR count). The number of nitrogens with one attached hydrogen (secondary N) is 1. The lowest BCUT2D eigenvalue weighted by molar-refractivity contribution is -0.132. The van der Waals surface area contributed by atoms with Crippen LogP contribution in [0.3, 0.4) is 0 Å². The Hall–Kier alpha value is -2.83. The molecule has 0 aromatic carbocycles. The fourth-order valence-corrected chi connectivity index (χ4v) is 2.60. The summed E-state index contributed by atoms with van der Waals surface area (Å²) in [4.78, 5) is 30.4. The molecular weight excluding hydrogens is 322 g/mol. The minimum Gasteiger partial charge on any atom is -0.496 e. The molecule has 0 radical (unpaired) electrons. The number of carbonyl (C=O) groups excluding carboxylic acids is 2. The Morgan fingerprint density at radius 3 is 2.72 bits per heavy atom. The van der Waals surface area contributed by atoms with Gasteiger partial charge in [-0.2, -0.15) is 0 Å². The first kappa shape index (κ1) is 18.5. The number of furan rings is 1. The number of pyridine rings is 1. The maximum Gasteiger partial charge on any atom is 0.287 e. The second-order valence-electron chi connectivity index (χ2n) is 5.91. The van der Waals surface area contributed by atoms with E-state index in [4.69, 9.17) is 9.15 Å². The predicted molar refractivity (Wildman–Crippen MR) is 92.4 cm³/mol. The van der Waals surface area contributed by atoms with E-state index in [1.54, 1.807) is 39.4 Å². The van der Waals surface area contributed by atoms with Gasteiger partial charge in [0.25, 0.3) is 5.91 Å². The van der Waals surface area contributed by atoms with Crippen molar-refractivity contribution in [2.45, 2.75) is 33.4 Å². The second-order valence-corrected chi connectivity index (χ2v) is 5.91. The van der Waals surface area contributed by atoms with Crippen LogP contribution in [0.1, 0.15) is 34.3 Å². The Balaban J connectivity index is 2.04. The van der Waals surface area contributed by atoms with Crippen LogP contribution in [-0.4, -0.2) is 41.9 Å². The topological polar surface area (TPSA) is 84.7 Å². The molecule has 2 amide bonds. The molecule has 1 unspecified atom stereocenters. The van der Waals surface area contributed by atoms with Gasteiger partial charge in [0.05, 0.1) is 25.6 Å². The first-order valence-corrected chi connectivity index (χ1v) is 7.93. The Labute approximate surface area is 147 Å². The number of methoxy groups -OCH3 is 1. The molecular formula is C18H23N3O4. The highest BCUT2D eigenvalue weighted by atomic mass is 16.5. The van der Waals surface area contributed by atoms with Crippen LogP contribution >= 0.6 is 0 Å². The van der Waals surface area contributed by atoms with Crippen LogP contribution in [0.5, 0.6) is 5.75 Å². The van der Waals surface area contributed by atoms with Crippen molar-refractivity contribution < 1.29 is 18.7 Å². The molecule has 2 aromatic heterocycles. The second kappa shape index (κ2) is 7.83. The number of nitrogens with zero attached hydrogens (tertiary/aromatic N) is 2. The molecule has 0 saturated heterocycles. The smallest absolute Gasteiger partial charge is 0.287 e. The van der Waals surface area contributed by atoms with Crippen LogP contribution < -0.4 is 10.1 Å². The predicted octanol–water partition coefficient (Wildman–Crippen LogP) is 2.08. The van der Waals surface area contributed by atoms with Crippen LogP contribution in [0.2, 0.25) is 0 Å². The Kier molecular flexibility index (Phi) is 5.80. The zero-order chi connectivity index (χ0) is 18.6. The first-order chi connectivity index (χ1) is 11.8. The molecule has 0 aliphatic heterocycles. The molecule has 7 heteroatoms. The van der Waals surface area contributed by atoms with Crippen molar-refractivity contribution >= 4 is 11.8 Å². The van der Waals surface area contributed by atoms with Gasteiger partial charge in [0.2, 0.25) is 5.91 Å². The Bertz CT molecular complexity index is 756. The molecule has 0 fully saturated rings. The van der Waals surface area contributed by atoms with Crippen molar-refractivity contribution in [2.24, 2.45) is 0 Å². The zero-order valence-corrected chi connectivity index (χ0v) is 15.1. The minimum atomic E-state index is -0.685. The summed E-state index contributed by atoms with van der Waals surface area (Å²) >= 11 is 0. The number of hydrogen-bond donors (Lipinski definition) is 1. The van der Waals surface area contributed by atoms with Crippen molar-refractivity contribution in [3.05, 3.63) is 47.2 Å². The number of amides is 2. The summed E-state index contributed by atoms with van der Waals surface area (Å²) in [7, 11) is 3.28. The van der Waals surface area contributed by atoms with Gasteiger partial charge in [-0.15, -0.1) is 0 Å². The third-order valence-corrected chi connectivity index (χ3v) is 3.98. The van der Waals surface area contributed by atoms with E-state index in [0.717, 1.165) is 22.6 Å². The number of likely N-dealkylation sites (N-methyl/N-ethyl adjacent to an activating group) is 1. The normalized spacial score (nSPS) is 11.7. The van der Waals surface area contributed by atoms with Crippen molar-refractivity contribution in [3.63, 3.8) is 0 Å². The quantitative estimate of drug-likeness (QED) is 0.866. The van der Waals surface area contributed by atoms with Gasteiger partial charge in [-0.25, -0.2) is 0 Å². The summed E-state index contributed by atoms with van der Waals surface area (Å²) in [6.45, 7) is 5.79. The van der Waals surface area contributed by atoms with Crippen LogP contribution in [0.4, 0.5) is 0 Å². The lowest BCUT2D eigenvalue weighted by Gasteiger charge is -2.23. The summed E-state index contributed by atoms with van der Waals surface area (Å²) in [6, 6.07) is 2.48. The first-order valence-electron chi connectivity index (χ1n) is 7.93. The molecule has 0 aliphatic carbocycles. The van der Waals surface area contributed by atoms with Gasteiger partial charge >= 0.3 is 0 Å². The van der Waals surface area contributed by atoms with E-state index in [1.165, 1.54) is 11.2 Å². The van der Waals surface area contributed by atoms with Crippen molar-refractivity contribution in [2.75, 3.05) is 14.2 Å². The average Bonchev–Trinajstić information content (AvgIpc) is 3.11. The fourth-order valence-electron chi connectivity index (χ4n) is 2.60. The fraction of sp³-hybridized carbons (Fsp3) is 0.389. The van der Waals surface area contributed by atoms with Crippen molar-refractivity contribution in [1.82, 2.24) is 15.2 Å². The summed E-state index contributed by atoms with van der Waals surface area (Å²) in [5, 5.41) is 2.63. The third-order valence-electron chi connectivity index (χ3n) is 3.98. The van der Waals surface area contributed by atoms with Gasteiger partial charge in [-0.1, -0.05) is 0 Å². The van der Waals surface area contributed by atoms with E-state index in [1.807, 2.05) is 13.8 Å². The number of ether oxygens (including phenoxy) is 1. The van der Waals surface area contributed by atoms with Gasteiger partial charge in [0.1, 0.15) is 11.8 Å². The standard InChI is InChI=1S/C18H23N3O4/c1-11-9-19-14(12(2)16(11)24-5)10-21(4)18(23)13(3)20-17(22)15-7-6-8-25-15/h6-9,13H,10H2,1-5H3,(H,20,22). The maximum absolute atomic E-state index is 12.5. The van der Waals surface area contributed by atoms with Gasteiger partial charge in [0, 0.05) is 24.4 Å².